The summed E-state index contributed by atoms with van der Waals surface area (Å²) in [6, 6.07) is 83.0. The Morgan fingerprint density at radius 1 is 0.330 bits per heavy atom. The molecule has 7 aromatic carbocycles. The Bertz CT molecular complexity index is 4280. The van der Waals surface area contributed by atoms with Crippen LogP contribution in [0.25, 0.3) is 78.4 Å². The summed E-state index contributed by atoms with van der Waals surface area (Å²) in [5, 5.41) is 1.17. The molecule has 14 rings (SSSR count). The SMILES string of the molecule is CC1(C)c2ccc[c-]c2-c2ncccc21.Cc1cc(F)c[c-]c1-c1ncccc1C.Cc1ccc[c-]c1-c1ncccc1C.Cc1cccnc1-c1[c-]cc(F)cc1F.Cc1cccnc1-c1[c-]cccc1.[Ir].[Ir].[Ir].[Ir].[Ir].[Ir].[c-]1ccccc1-c1ccc2ccccc2n1. The van der Waals surface area contributed by atoms with Crippen molar-refractivity contribution in [2.24, 2.45) is 0 Å². The number of aryl methyl sites for hydroxylation is 6. The maximum Gasteiger partial charge on any atom is 0.0595 e. The van der Waals surface area contributed by atoms with E-state index in [-0.39, 0.29) is 137 Å². The molecule has 13 aromatic rings. The number of rotatable bonds is 5. The van der Waals surface area contributed by atoms with E-state index in [0.717, 1.165) is 90.6 Å². The minimum atomic E-state index is -0.642. The molecule has 0 bridgehead atoms. The van der Waals surface area contributed by atoms with Gasteiger partial charge in [-0.2, -0.15) is 0 Å². The first-order valence-electron chi connectivity index (χ1n) is 28.6. The molecule has 6 nitrogen and oxygen atoms in total. The van der Waals surface area contributed by atoms with E-state index >= 15 is 0 Å². The molecule has 0 spiro atoms. The maximum atomic E-state index is 13.4. The van der Waals surface area contributed by atoms with E-state index in [4.69, 9.17) is 0 Å². The van der Waals surface area contributed by atoms with Gasteiger partial charge in [0, 0.05) is 169 Å². The van der Waals surface area contributed by atoms with Crippen LogP contribution < -0.4 is 0 Å². The van der Waals surface area contributed by atoms with Gasteiger partial charge in [0.05, 0.1) is 5.52 Å². The second-order valence-corrected chi connectivity index (χ2v) is 21.2. The Kier molecular flexibility index (Phi) is 34.8. The van der Waals surface area contributed by atoms with Crippen molar-refractivity contribution < 1.29 is 134 Å². The summed E-state index contributed by atoms with van der Waals surface area (Å²) >= 11 is 0. The number of benzene rings is 7. The predicted octanol–water partition coefficient (Wildman–Crippen LogP) is 19.3. The van der Waals surface area contributed by atoms with E-state index < -0.39 is 11.6 Å². The van der Waals surface area contributed by atoms with Crippen molar-refractivity contribution in [3.63, 3.8) is 0 Å². The van der Waals surface area contributed by atoms with Crippen LogP contribution in [0.2, 0.25) is 0 Å². The maximum absolute atomic E-state index is 13.4. The van der Waals surface area contributed by atoms with Crippen LogP contribution in [0.3, 0.4) is 0 Å². The molecular formula is C79H63F3Ir6N6-6. The fraction of sp³-hybridized carbons (Fsp3) is 0.114. The van der Waals surface area contributed by atoms with Gasteiger partial charge in [-0.05, 0) is 109 Å². The van der Waals surface area contributed by atoms with Crippen LogP contribution in [0, 0.1) is 95.4 Å². The number of hydrogen-bond donors (Lipinski definition) is 0. The topological polar surface area (TPSA) is 77.3 Å². The number of pyridine rings is 6. The smallest absolute Gasteiger partial charge is 0.0595 e. The molecule has 0 unspecified atom stereocenters. The first-order chi connectivity index (χ1) is 42.7. The van der Waals surface area contributed by atoms with Crippen molar-refractivity contribution in [2.75, 3.05) is 0 Å². The summed E-state index contributed by atoms with van der Waals surface area (Å²) in [5.41, 5.74) is 21.0. The first-order valence-corrected chi connectivity index (χ1v) is 28.6. The minimum Gasteiger partial charge on any atom is -0.304 e. The predicted molar refractivity (Wildman–Crippen MR) is 349 cm³/mol. The average Bonchev–Trinajstić information content (AvgIpc) is 1.59. The van der Waals surface area contributed by atoms with Crippen LogP contribution in [0.5, 0.6) is 0 Å². The Morgan fingerprint density at radius 3 is 1.28 bits per heavy atom. The van der Waals surface area contributed by atoms with Gasteiger partial charge >= 0.3 is 0 Å². The molecule has 0 atom stereocenters. The van der Waals surface area contributed by atoms with E-state index in [1.807, 2.05) is 173 Å². The van der Waals surface area contributed by atoms with E-state index in [1.54, 1.807) is 18.5 Å². The van der Waals surface area contributed by atoms with Crippen molar-refractivity contribution >= 4 is 10.9 Å². The summed E-state index contributed by atoms with van der Waals surface area (Å²) in [5.74, 6) is -1.54. The molecule has 0 amide bonds. The third-order valence-corrected chi connectivity index (χ3v) is 14.6. The molecule has 1 aliphatic carbocycles. The fourth-order valence-electron chi connectivity index (χ4n) is 9.96. The van der Waals surface area contributed by atoms with Crippen LogP contribution >= 0.6 is 0 Å². The van der Waals surface area contributed by atoms with Crippen molar-refractivity contribution in [2.45, 2.75) is 60.8 Å². The minimum absolute atomic E-state index is 0. The quantitative estimate of drug-likeness (QED) is 0.160. The number of para-hydroxylation sites is 1. The van der Waals surface area contributed by atoms with Gasteiger partial charge in [-0.25, -0.2) is 0 Å². The monoisotopic (exact) mass is 2310 g/mol. The van der Waals surface area contributed by atoms with Crippen LogP contribution in [-0.4, -0.2) is 29.9 Å². The second-order valence-electron chi connectivity index (χ2n) is 21.2. The van der Waals surface area contributed by atoms with E-state index in [0.29, 0.717) is 5.69 Å². The zero-order valence-corrected chi connectivity index (χ0v) is 66.7. The second kappa shape index (κ2) is 40.1. The van der Waals surface area contributed by atoms with Crippen molar-refractivity contribution in [3.8, 4) is 67.5 Å². The molecule has 0 fully saturated rings. The molecule has 0 saturated carbocycles. The summed E-state index contributed by atoms with van der Waals surface area (Å²) in [6.45, 7) is 16.4. The number of nitrogens with zero attached hydrogens (tertiary/aromatic N) is 6. The van der Waals surface area contributed by atoms with Crippen LogP contribution in [0.1, 0.15) is 58.4 Å². The molecular weight excluding hydrogens is 2240 g/mol. The van der Waals surface area contributed by atoms with Crippen molar-refractivity contribution in [1.29, 1.82) is 0 Å². The zero-order chi connectivity index (χ0) is 62.0. The van der Waals surface area contributed by atoms with Crippen molar-refractivity contribution in [1.82, 2.24) is 29.9 Å². The van der Waals surface area contributed by atoms with Gasteiger partial charge in [-0.1, -0.05) is 128 Å². The van der Waals surface area contributed by atoms with Gasteiger partial charge in [0.1, 0.15) is 0 Å². The first kappa shape index (κ1) is 81.6. The number of fused-ring (bicyclic) bond motifs is 4. The summed E-state index contributed by atoms with van der Waals surface area (Å²) in [4.78, 5) is 26.1. The molecule has 6 aromatic heterocycles. The molecule has 15 heteroatoms. The Balaban J connectivity index is 0.000000291. The van der Waals surface area contributed by atoms with Gasteiger partial charge in [0.2, 0.25) is 0 Å². The summed E-state index contributed by atoms with van der Waals surface area (Å²) < 4.78 is 39.0. The van der Waals surface area contributed by atoms with Crippen LogP contribution in [0.4, 0.5) is 13.2 Å². The third-order valence-electron chi connectivity index (χ3n) is 14.6. The molecule has 0 aliphatic heterocycles. The Labute approximate surface area is 632 Å². The average molecular weight is 2310 g/mol. The zero-order valence-electron chi connectivity index (χ0n) is 52.3. The molecule has 490 valence electrons. The third kappa shape index (κ3) is 21.4. The van der Waals surface area contributed by atoms with Gasteiger partial charge in [0.25, 0.3) is 0 Å². The fourth-order valence-corrected chi connectivity index (χ4v) is 9.96. The van der Waals surface area contributed by atoms with Gasteiger partial charge < -0.3 is 24.9 Å². The molecule has 6 radical (unpaired) electrons. The molecule has 6 heterocycles. The van der Waals surface area contributed by atoms with Gasteiger partial charge in [0.15, 0.2) is 0 Å². The van der Waals surface area contributed by atoms with Gasteiger partial charge in [-0.15, -0.1) is 184 Å². The molecule has 94 heavy (non-hydrogen) atoms. The van der Waals surface area contributed by atoms with E-state index in [1.165, 1.54) is 45.3 Å². The summed E-state index contributed by atoms with van der Waals surface area (Å²) in [7, 11) is 0. The van der Waals surface area contributed by atoms with E-state index in [2.05, 4.69) is 143 Å². The standard InChI is InChI=1S/C15H10N.C14H12N.C13H11FN.C13H12N.C12H8F2N.C12H10N.6Ir/c1-2-6-12(7-3-1)15-11-10-13-8-4-5-9-14(13)16-15;1-14(2)11-7-4-3-6-10(11)13-12(14)8-5-9-15-13;1-9-4-3-7-15-13(9)12-6-5-11(14)8-10(12)2;1-10-6-3-4-8-12(10)13-11(2)7-5-9-14-13;1-8-3-2-6-15-12(8)10-5-4-9(13)7-11(10)14;1-10-6-5-9-13-12(10)11-7-3-2-4-8-11;;;;;;/h1-6,8-11H;3-5,7-9H,1-2H3;3-5,7-8H,1-2H3;3-7,9H,1-2H3;2-4,6-7H,1H3;2-7,9H,1H3;;;;;;/q6*-1;;;;;;. The van der Waals surface area contributed by atoms with Crippen LogP contribution in [-0.2, 0) is 126 Å². The summed E-state index contributed by atoms with van der Waals surface area (Å²) in [6.07, 6.45) is 8.79. The molecule has 0 N–H and O–H groups in total. The largest absolute Gasteiger partial charge is 0.304 e. The Morgan fingerprint density at radius 2 is 0.755 bits per heavy atom. The Hall–Kier alpha value is -6.61. The molecule has 0 saturated heterocycles. The van der Waals surface area contributed by atoms with Crippen molar-refractivity contribution in [3.05, 3.63) is 336 Å². The van der Waals surface area contributed by atoms with Crippen LogP contribution in [0.15, 0.2) is 237 Å². The normalized spacial score (nSPS) is 10.5. The molecule has 1 aliphatic rings. The number of aromatic nitrogens is 6. The van der Waals surface area contributed by atoms with E-state index in [9.17, 15) is 13.2 Å². The number of hydrogen-bond acceptors (Lipinski definition) is 6. The number of halogens is 3. The van der Waals surface area contributed by atoms with Gasteiger partial charge in [-0.3, -0.25) is 18.2 Å².